The molecule has 0 radical (unpaired) electrons. The normalized spacial score (nSPS) is 10.6. The van der Waals surface area contributed by atoms with Crippen LogP contribution in [0.5, 0.6) is 23.0 Å². The number of methoxy groups -OCH3 is 1. The predicted molar refractivity (Wildman–Crippen MR) is 156 cm³/mol. The second-order valence-electron chi connectivity index (χ2n) is 9.51. The van der Waals surface area contributed by atoms with Crippen molar-refractivity contribution >= 4 is 27.9 Å². The van der Waals surface area contributed by atoms with E-state index in [-0.39, 0.29) is 35.4 Å². The SMILES string of the molecule is C=CCOc1cc2oc3cc(OCC=C)c(OC)c(CC=C(C)C)c3c(=O)c2c(OC(C)=O)c1CC=C(C)C. The highest BCUT2D eigenvalue weighted by Crippen LogP contribution is 2.42. The Labute approximate surface area is 229 Å². The van der Waals surface area contributed by atoms with Gasteiger partial charge in [-0.05, 0) is 40.5 Å². The van der Waals surface area contributed by atoms with Crippen molar-refractivity contribution in [1.29, 1.82) is 0 Å². The molecule has 3 rings (SSSR count). The minimum Gasteiger partial charge on any atom is -0.493 e. The Morgan fingerprint density at radius 2 is 1.36 bits per heavy atom. The summed E-state index contributed by atoms with van der Waals surface area (Å²) in [7, 11) is 1.53. The fourth-order valence-corrected chi connectivity index (χ4v) is 4.20. The van der Waals surface area contributed by atoms with E-state index in [4.69, 9.17) is 23.4 Å². The number of allylic oxidation sites excluding steroid dienone is 4. The lowest BCUT2D eigenvalue weighted by atomic mass is 9.98. The largest absolute Gasteiger partial charge is 0.493 e. The molecule has 0 saturated heterocycles. The van der Waals surface area contributed by atoms with Crippen molar-refractivity contribution in [3.05, 3.63) is 82.1 Å². The van der Waals surface area contributed by atoms with Crippen LogP contribution in [0.25, 0.3) is 21.9 Å². The third-order valence-electron chi connectivity index (χ3n) is 5.88. The molecule has 39 heavy (non-hydrogen) atoms. The molecule has 0 fully saturated rings. The molecular formula is C32H36O7. The Morgan fingerprint density at radius 3 is 1.90 bits per heavy atom. The first-order valence-electron chi connectivity index (χ1n) is 12.7. The van der Waals surface area contributed by atoms with Gasteiger partial charge in [0.2, 0.25) is 5.43 Å². The third-order valence-corrected chi connectivity index (χ3v) is 5.88. The molecule has 1 aromatic heterocycles. The molecule has 0 aliphatic carbocycles. The van der Waals surface area contributed by atoms with Crippen molar-refractivity contribution in [2.24, 2.45) is 0 Å². The molecule has 2 aromatic carbocycles. The zero-order valence-electron chi connectivity index (χ0n) is 23.6. The molecule has 0 aliphatic heterocycles. The molecule has 7 nitrogen and oxygen atoms in total. The number of benzene rings is 2. The lowest BCUT2D eigenvalue weighted by Crippen LogP contribution is -2.13. The summed E-state index contributed by atoms with van der Waals surface area (Å²) in [6, 6.07) is 3.29. The van der Waals surface area contributed by atoms with Gasteiger partial charge in [-0.15, -0.1) is 0 Å². The molecule has 7 heteroatoms. The molecule has 1 heterocycles. The Hall–Kier alpha value is -4.26. The number of esters is 1. The van der Waals surface area contributed by atoms with Gasteiger partial charge >= 0.3 is 5.97 Å². The van der Waals surface area contributed by atoms with Gasteiger partial charge < -0.3 is 23.4 Å². The summed E-state index contributed by atoms with van der Waals surface area (Å²) < 4.78 is 29.6. The highest BCUT2D eigenvalue weighted by Gasteiger charge is 2.26. The first-order valence-corrected chi connectivity index (χ1v) is 12.7. The van der Waals surface area contributed by atoms with Crippen molar-refractivity contribution in [3.8, 4) is 23.0 Å². The minimum atomic E-state index is -0.564. The summed E-state index contributed by atoms with van der Waals surface area (Å²) in [6.45, 7) is 17.1. The van der Waals surface area contributed by atoms with Crippen LogP contribution in [0.4, 0.5) is 0 Å². The van der Waals surface area contributed by atoms with E-state index >= 15 is 0 Å². The van der Waals surface area contributed by atoms with Gasteiger partial charge in [0.15, 0.2) is 17.2 Å². The molecule has 0 saturated carbocycles. The second kappa shape index (κ2) is 13.0. The van der Waals surface area contributed by atoms with Crippen LogP contribution in [0.2, 0.25) is 0 Å². The number of carbonyl (C=O) groups is 1. The molecule has 0 amide bonds. The zero-order chi connectivity index (χ0) is 28.7. The number of carbonyl (C=O) groups excluding carboxylic acids is 1. The summed E-state index contributed by atoms with van der Waals surface area (Å²) in [6.07, 6.45) is 7.99. The second-order valence-corrected chi connectivity index (χ2v) is 9.51. The van der Waals surface area contributed by atoms with Crippen molar-refractivity contribution < 1.29 is 28.2 Å². The van der Waals surface area contributed by atoms with Gasteiger partial charge in [-0.3, -0.25) is 9.59 Å². The monoisotopic (exact) mass is 532 g/mol. The first kappa shape index (κ1) is 29.3. The van der Waals surface area contributed by atoms with Crippen LogP contribution in [0, 0.1) is 0 Å². The van der Waals surface area contributed by atoms with E-state index in [1.54, 1.807) is 24.3 Å². The van der Waals surface area contributed by atoms with Gasteiger partial charge in [0.25, 0.3) is 0 Å². The molecule has 0 bridgehead atoms. The van der Waals surface area contributed by atoms with Crippen LogP contribution in [-0.2, 0) is 17.6 Å². The van der Waals surface area contributed by atoms with E-state index in [1.165, 1.54) is 14.0 Å². The van der Waals surface area contributed by atoms with Crippen molar-refractivity contribution in [2.45, 2.75) is 47.5 Å². The van der Waals surface area contributed by atoms with E-state index in [0.717, 1.165) is 11.1 Å². The van der Waals surface area contributed by atoms with Crippen molar-refractivity contribution in [1.82, 2.24) is 0 Å². The van der Waals surface area contributed by atoms with Crippen LogP contribution < -0.4 is 24.4 Å². The van der Waals surface area contributed by atoms with E-state index < -0.39 is 5.97 Å². The molecule has 0 N–H and O–H groups in total. The van der Waals surface area contributed by atoms with Gasteiger partial charge in [-0.2, -0.15) is 0 Å². The molecular weight excluding hydrogens is 496 g/mol. The fourth-order valence-electron chi connectivity index (χ4n) is 4.20. The number of fused-ring (bicyclic) bond motifs is 2. The third kappa shape index (κ3) is 6.60. The zero-order valence-corrected chi connectivity index (χ0v) is 23.6. The topological polar surface area (TPSA) is 84.2 Å². The van der Waals surface area contributed by atoms with E-state index in [1.807, 2.05) is 39.8 Å². The average Bonchev–Trinajstić information content (AvgIpc) is 2.87. The van der Waals surface area contributed by atoms with Crippen molar-refractivity contribution in [3.63, 3.8) is 0 Å². The molecule has 0 aliphatic rings. The summed E-state index contributed by atoms with van der Waals surface area (Å²) in [5.74, 6) is 0.836. The maximum atomic E-state index is 14.3. The van der Waals surface area contributed by atoms with Gasteiger partial charge in [-0.1, -0.05) is 48.6 Å². The van der Waals surface area contributed by atoms with E-state index in [0.29, 0.717) is 52.2 Å². The highest BCUT2D eigenvalue weighted by atomic mass is 16.5. The first-order chi connectivity index (χ1) is 18.6. The van der Waals surface area contributed by atoms with Crippen LogP contribution in [0.3, 0.4) is 0 Å². The lowest BCUT2D eigenvalue weighted by Gasteiger charge is -2.18. The summed E-state index contributed by atoms with van der Waals surface area (Å²) >= 11 is 0. The predicted octanol–water partition coefficient (Wildman–Crippen LogP) is 7.03. The highest BCUT2D eigenvalue weighted by molar-refractivity contribution is 5.99. The molecule has 0 atom stereocenters. The Kier molecular flexibility index (Phi) is 9.77. The standard InChI is InChI=1S/C32H36O7/c1-9-15-36-24-17-26-29(32(38-21(7)33)22(24)13-11-19(3)4)30(34)28-23(14-12-20(5)6)31(35-8)27(37-16-10-2)18-25(28)39-26/h9-12,17-18H,1-2,13-16H2,3-8H3. The lowest BCUT2D eigenvalue weighted by molar-refractivity contribution is -0.131. The summed E-state index contributed by atoms with van der Waals surface area (Å²) in [5, 5.41) is 0.477. The molecule has 0 unspecified atom stereocenters. The van der Waals surface area contributed by atoms with Crippen LogP contribution in [-0.4, -0.2) is 26.3 Å². The molecule has 206 valence electrons. The Balaban J connectivity index is 2.55. The molecule has 0 spiro atoms. The summed E-state index contributed by atoms with van der Waals surface area (Å²) in [4.78, 5) is 26.6. The van der Waals surface area contributed by atoms with E-state index in [2.05, 4.69) is 13.2 Å². The van der Waals surface area contributed by atoms with Crippen molar-refractivity contribution in [2.75, 3.05) is 20.3 Å². The minimum absolute atomic E-state index is 0.117. The summed E-state index contributed by atoms with van der Waals surface area (Å²) in [5.41, 5.74) is 3.49. The van der Waals surface area contributed by atoms with Crippen LogP contribution in [0.15, 0.2) is 70.0 Å². The number of rotatable bonds is 12. The number of ether oxygens (including phenoxy) is 4. The average molecular weight is 533 g/mol. The maximum Gasteiger partial charge on any atom is 0.308 e. The quantitative estimate of drug-likeness (QED) is 0.107. The van der Waals surface area contributed by atoms with Crippen LogP contribution in [0.1, 0.15) is 45.7 Å². The maximum absolute atomic E-state index is 14.3. The van der Waals surface area contributed by atoms with Gasteiger partial charge in [0, 0.05) is 30.2 Å². The number of hydrogen-bond acceptors (Lipinski definition) is 7. The Bertz CT molecular complexity index is 1530. The van der Waals surface area contributed by atoms with Gasteiger partial charge in [0.1, 0.15) is 35.5 Å². The van der Waals surface area contributed by atoms with Gasteiger partial charge in [0.05, 0.1) is 12.5 Å². The fraction of sp³-hybridized carbons (Fsp3) is 0.312. The number of hydrogen-bond donors (Lipinski definition) is 0. The van der Waals surface area contributed by atoms with Gasteiger partial charge in [-0.25, -0.2) is 0 Å². The Morgan fingerprint density at radius 1 is 0.821 bits per heavy atom. The smallest absolute Gasteiger partial charge is 0.308 e. The molecule has 3 aromatic rings. The van der Waals surface area contributed by atoms with Crippen LogP contribution >= 0.6 is 0 Å². The van der Waals surface area contributed by atoms with E-state index in [9.17, 15) is 9.59 Å².